The molecule has 0 saturated carbocycles. The van der Waals surface area contributed by atoms with Crippen LogP contribution < -0.4 is 21.7 Å². The Kier molecular flexibility index (Phi) is 7.14. The van der Waals surface area contributed by atoms with E-state index < -0.39 is 42.3 Å². The number of nitrogens with two attached hydrogens (primary N) is 1. The number of aromatic nitrogens is 1. The molecule has 0 saturated heterocycles. The molecule has 3 rings (SSSR count). The van der Waals surface area contributed by atoms with Crippen molar-refractivity contribution in [1.82, 2.24) is 20.9 Å². The predicted octanol–water partition coefficient (Wildman–Crippen LogP) is 0.158. The molecule has 0 spiro atoms. The SMILES string of the molecule is CC(C)C[C@H](NC(=O)[C@@H]1Cc2c([nH]c3ccccc23)CN1)C(=O)N[C@@H](CC(=O)O)C(N)=O. The zero-order valence-corrected chi connectivity index (χ0v) is 18.1. The zero-order valence-electron chi connectivity index (χ0n) is 18.1. The van der Waals surface area contributed by atoms with Crippen molar-refractivity contribution in [1.29, 1.82) is 0 Å². The minimum Gasteiger partial charge on any atom is -0.481 e. The van der Waals surface area contributed by atoms with Crippen molar-refractivity contribution in [2.24, 2.45) is 11.7 Å². The highest BCUT2D eigenvalue weighted by Gasteiger charge is 2.32. The normalized spacial score (nSPS) is 17.4. The number of fused-ring (bicyclic) bond motifs is 3. The van der Waals surface area contributed by atoms with Gasteiger partial charge in [-0.1, -0.05) is 32.0 Å². The van der Waals surface area contributed by atoms with Crippen LogP contribution >= 0.6 is 0 Å². The molecule has 1 aliphatic heterocycles. The Morgan fingerprint density at radius 2 is 1.88 bits per heavy atom. The fraction of sp³-hybridized carbons (Fsp3) is 0.455. The molecule has 1 aromatic heterocycles. The first-order chi connectivity index (χ1) is 15.2. The van der Waals surface area contributed by atoms with Gasteiger partial charge >= 0.3 is 5.97 Å². The van der Waals surface area contributed by atoms with Crippen molar-refractivity contribution >= 4 is 34.6 Å². The molecule has 1 aromatic carbocycles. The van der Waals surface area contributed by atoms with Gasteiger partial charge in [0.15, 0.2) is 0 Å². The zero-order chi connectivity index (χ0) is 23.4. The molecule has 0 radical (unpaired) electrons. The number of aromatic amines is 1. The average molecular weight is 444 g/mol. The number of primary amides is 1. The van der Waals surface area contributed by atoms with Crippen molar-refractivity contribution < 1.29 is 24.3 Å². The first-order valence-electron chi connectivity index (χ1n) is 10.6. The van der Waals surface area contributed by atoms with E-state index in [1.54, 1.807) is 0 Å². The Labute approximate surface area is 185 Å². The smallest absolute Gasteiger partial charge is 0.305 e. The van der Waals surface area contributed by atoms with Gasteiger partial charge < -0.3 is 26.5 Å². The van der Waals surface area contributed by atoms with Crippen LogP contribution in [-0.4, -0.2) is 51.9 Å². The number of hydrogen-bond donors (Lipinski definition) is 6. The van der Waals surface area contributed by atoms with Crippen LogP contribution in [0.2, 0.25) is 0 Å². The minimum atomic E-state index is -1.35. The lowest BCUT2D eigenvalue weighted by Crippen LogP contribution is -2.57. The summed E-state index contributed by atoms with van der Waals surface area (Å²) in [6.07, 6.45) is 0.155. The van der Waals surface area contributed by atoms with E-state index in [4.69, 9.17) is 10.8 Å². The molecule has 0 fully saturated rings. The van der Waals surface area contributed by atoms with Crippen molar-refractivity contribution in [3.63, 3.8) is 0 Å². The third kappa shape index (κ3) is 5.44. The van der Waals surface area contributed by atoms with Crippen LogP contribution in [0.25, 0.3) is 10.9 Å². The molecule has 10 heteroatoms. The van der Waals surface area contributed by atoms with Crippen LogP contribution in [0.4, 0.5) is 0 Å². The molecule has 3 atom stereocenters. The van der Waals surface area contributed by atoms with Crippen molar-refractivity contribution in [3.8, 4) is 0 Å². The van der Waals surface area contributed by atoms with Crippen LogP contribution in [0, 0.1) is 5.92 Å². The van der Waals surface area contributed by atoms with Crippen molar-refractivity contribution in [2.45, 2.75) is 57.8 Å². The minimum absolute atomic E-state index is 0.0667. The highest BCUT2D eigenvalue weighted by atomic mass is 16.4. The molecule has 3 amide bonds. The fourth-order valence-corrected chi connectivity index (χ4v) is 3.97. The van der Waals surface area contributed by atoms with Crippen LogP contribution in [0.1, 0.15) is 37.9 Å². The van der Waals surface area contributed by atoms with Crippen molar-refractivity contribution in [2.75, 3.05) is 0 Å². The summed E-state index contributed by atoms with van der Waals surface area (Å²) in [6.45, 7) is 4.28. The van der Waals surface area contributed by atoms with Crippen LogP contribution in [0.5, 0.6) is 0 Å². The summed E-state index contributed by atoms with van der Waals surface area (Å²) < 4.78 is 0. The molecule has 0 bridgehead atoms. The molecule has 1 aliphatic rings. The number of carboxylic acids is 1. The molecule has 0 unspecified atom stereocenters. The number of nitrogens with one attached hydrogen (secondary N) is 4. The third-order valence-electron chi connectivity index (χ3n) is 5.53. The number of benzene rings is 1. The van der Waals surface area contributed by atoms with Gasteiger partial charge in [-0.15, -0.1) is 0 Å². The van der Waals surface area contributed by atoms with Gasteiger partial charge in [-0.3, -0.25) is 24.5 Å². The summed E-state index contributed by atoms with van der Waals surface area (Å²) in [6, 6.07) is 5.07. The van der Waals surface area contributed by atoms with Gasteiger partial charge in [0, 0.05) is 23.1 Å². The quantitative estimate of drug-likeness (QED) is 0.323. The van der Waals surface area contributed by atoms with E-state index in [2.05, 4.69) is 20.9 Å². The van der Waals surface area contributed by atoms with E-state index in [1.165, 1.54) is 0 Å². The van der Waals surface area contributed by atoms with Crippen LogP contribution in [0.15, 0.2) is 24.3 Å². The van der Waals surface area contributed by atoms with E-state index in [0.29, 0.717) is 19.4 Å². The second-order valence-corrected chi connectivity index (χ2v) is 8.52. The van der Waals surface area contributed by atoms with E-state index in [1.807, 2.05) is 38.1 Å². The van der Waals surface area contributed by atoms with Gasteiger partial charge in [-0.05, 0) is 30.4 Å². The fourth-order valence-electron chi connectivity index (χ4n) is 3.97. The van der Waals surface area contributed by atoms with Gasteiger partial charge in [-0.2, -0.15) is 0 Å². The Morgan fingerprint density at radius 3 is 2.53 bits per heavy atom. The van der Waals surface area contributed by atoms with E-state index in [0.717, 1.165) is 22.2 Å². The highest BCUT2D eigenvalue weighted by molar-refractivity contribution is 5.94. The Morgan fingerprint density at radius 1 is 1.16 bits per heavy atom. The first kappa shape index (κ1) is 23.3. The molecule has 32 heavy (non-hydrogen) atoms. The molecule has 0 aliphatic carbocycles. The van der Waals surface area contributed by atoms with E-state index >= 15 is 0 Å². The van der Waals surface area contributed by atoms with Crippen LogP contribution in [0.3, 0.4) is 0 Å². The van der Waals surface area contributed by atoms with Crippen LogP contribution in [-0.2, 0) is 32.1 Å². The summed E-state index contributed by atoms with van der Waals surface area (Å²) in [4.78, 5) is 51.6. The summed E-state index contributed by atoms with van der Waals surface area (Å²) in [7, 11) is 0. The molecule has 2 heterocycles. The molecule has 172 valence electrons. The average Bonchev–Trinajstić information content (AvgIpc) is 3.09. The lowest BCUT2D eigenvalue weighted by molar-refractivity contribution is -0.140. The Bertz CT molecular complexity index is 1030. The van der Waals surface area contributed by atoms with Gasteiger partial charge in [0.05, 0.1) is 12.5 Å². The number of carbonyl (C=O) groups excluding carboxylic acids is 3. The lowest BCUT2D eigenvalue weighted by atomic mass is 9.97. The number of H-pyrrole nitrogens is 1. The number of para-hydroxylation sites is 1. The second kappa shape index (κ2) is 9.82. The number of hydrogen-bond acceptors (Lipinski definition) is 5. The maximum absolute atomic E-state index is 13.0. The predicted molar refractivity (Wildman–Crippen MR) is 117 cm³/mol. The monoisotopic (exact) mass is 443 g/mol. The number of rotatable bonds is 9. The number of aliphatic carboxylic acids is 1. The number of amides is 3. The number of carbonyl (C=O) groups is 4. The second-order valence-electron chi connectivity index (χ2n) is 8.52. The maximum Gasteiger partial charge on any atom is 0.305 e. The summed E-state index contributed by atoms with van der Waals surface area (Å²) in [5.74, 6) is -3.12. The van der Waals surface area contributed by atoms with E-state index in [-0.39, 0.29) is 11.8 Å². The van der Waals surface area contributed by atoms with Gasteiger partial charge in [-0.25, -0.2) is 0 Å². The van der Waals surface area contributed by atoms with E-state index in [9.17, 15) is 19.2 Å². The largest absolute Gasteiger partial charge is 0.481 e. The standard InChI is InChI=1S/C22H29N5O5/c1-11(2)7-17(22(32)26-15(20(23)30)9-19(28)29)27-21(31)16-8-13-12-5-3-4-6-14(12)25-18(13)10-24-16/h3-6,11,15-17,24-25H,7-10H2,1-2H3,(H2,23,30)(H,26,32)(H,27,31)(H,28,29)/t15-,16-,17-/m0/s1. The summed E-state index contributed by atoms with van der Waals surface area (Å²) in [5, 5.41) is 18.3. The highest BCUT2D eigenvalue weighted by Crippen LogP contribution is 2.26. The Balaban J connectivity index is 1.71. The summed E-state index contributed by atoms with van der Waals surface area (Å²) >= 11 is 0. The first-order valence-corrected chi connectivity index (χ1v) is 10.6. The maximum atomic E-state index is 13.0. The summed E-state index contributed by atoms with van der Waals surface area (Å²) in [5.41, 5.74) is 8.32. The Hall–Kier alpha value is -3.40. The van der Waals surface area contributed by atoms with Gasteiger partial charge in [0.2, 0.25) is 17.7 Å². The molecular formula is C22H29N5O5. The molecule has 2 aromatic rings. The van der Waals surface area contributed by atoms with Crippen molar-refractivity contribution in [3.05, 3.63) is 35.5 Å². The third-order valence-corrected chi connectivity index (χ3v) is 5.53. The molecular weight excluding hydrogens is 414 g/mol. The lowest BCUT2D eigenvalue weighted by Gasteiger charge is -2.27. The van der Waals surface area contributed by atoms with Gasteiger partial charge in [0.25, 0.3) is 0 Å². The number of carboxylic acid groups (broad SMARTS) is 1. The topological polar surface area (TPSA) is 166 Å². The molecule has 7 N–H and O–H groups in total. The molecule has 10 nitrogen and oxygen atoms in total. The van der Waals surface area contributed by atoms with Gasteiger partial charge in [0.1, 0.15) is 12.1 Å².